The van der Waals surface area contributed by atoms with Gasteiger partial charge in [0.15, 0.2) is 6.79 Å². The van der Waals surface area contributed by atoms with Gasteiger partial charge in [0.2, 0.25) is 10.0 Å². The Balaban J connectivity index is 1.64. The predicted octanol–water partition coefficient (Wildman–Crippen LogP) is 3.66. The highest BCUT2D eigenvalue weighted by atomic mass is 35.5. The molecule has 2 aromatic rings. The van der Waals surface area contributed by atoms with E-state index in [1.165, 1.54) is 18.2 Å². The first-order valence-electron chi connectivity index (χ1n) is 7.77. The minimum atomic E-state index is -3.58. The SMILES string of the molecule is O=S(=O)(Cc1ccc(Cl)c(Cl)c1)NCCc1cc(F)cc2c1OCOC2. The zero-order valence-electron chi connectivity index (χ0n) is 13.6. The average molecular weight is 420 g/mol. The highest BCUT2D eigenvalue weighted by molar-refractivity contribution is 7.88. The van der Waals surface area contributed by atoms with Gasteiger partial charge in [-0.2, -0.15) is 0 Å². The van der Waals surface area contributed by atoms with Crippen LogP contribution in [0.25, 0.3) is 0 Å². The third-order valence-corrected chi connectivity index (χ3v) is 5.91. The summed E-state index contributed by atoms with van der Waals surface area (Å²) in [4.78, 5) is 0. The van der Waals surface area contributed by atoms with Gasteiger partial charge in [0.25, 0.3) is 0 Å². The summed E-state index contributed by atoms with van der Waals surface area (Å²) in [5, 5.41) is 0.658. The van der Waals surface area contributed by atoms with E-state index in [0.717, 1.165) is 0 Å². The summed E-state index contributed by atoms with van der Waals surface area (Å²) in [6.45, 7) is 0.474. The Morgan fingerprint density at radius 1 is 1.15 bits per heavy atom. The fraction of sp³-hybridized carbons (Fsp3) is 0.294. The van der Waals surface area contributed by atoms with Crippen LogP contribution in [0, 0.1) is 5.82 Å². The molecule has 0 saturated carbocycles. The van der Waals surface area contributed by atoms with E-state index in [4.69, 9.17) is 32.7 Å². The molecular formula is C17H16Cl2FNO4S. The predicted molar refractivity (Wildman–Crippen MR) is 97.5 cm³/mol. The maximum absolute atomic E-state index is 13.7. The van der Waals surface area contributed by atoms with Gasteiger partial charge in [-0.3, -0.25) is 0 Å². The fourth-order valence-electron chi connectivity index (χ4n) is 2.68. The first-order valence-corrected chi connectivity index (χ1v) is 10.2. The number of halogens is 3. The van der Waals surface area contributed by atoms with Gasteiger partial charge in [-0.15, -0.1) is 0 Å². The second kappa shape index (κ2) is 8.10. The van der Waals surface area contributed by atoms with E-state index in [2.05, 4.69) is 4.72 Å². The first-order chi connectivity index (χ1) is 12.3. The lowest BCUT2D eigenvalue weighted by molar-refractivity contribution is -0.0172. The quantitative estimate of drug-likeness (QED) is 0.775. The van der Waals surface area contributed by atoms with Crippen molar-refractivity contribution in [2.24, 2.45) is 0 Å². The van der Waals surface area contributed by atoms with E-state index in [0.29, 0.717) is 38.9 Å². The molecule has 26 heavy (non-hydrogen) atoms. The van der Waals surface area contributed by atoms with E-state index >= 15 is 0 Å². The summed E-state index contributed by atoms with van der Waals surface area (Å²) in [6, 6.07) is 7.36. The Kier molecular flexibility index (Phi) is 6.04. The molecule has 1 heterocycles. The van der Waals surface area contributed by atoms with E-state index < -0.39 is 15.8 Å². The van der Waals surface area contributed by atoms with Crippen molar-refractivity contribution in [1.29, 1.82) is 0 Å². The number of sulfonamides is 1. The number of benzene rings is 2. The van der Waals surface area contributed by atoms with Gasteiger partial charge >= 0.3 is 0 Å². The van der Waals surface area contributed by atoms with Gasteiger partial charge in [0.1, 0.15) is 11.6 Å². The Morgan fingerprint density at radius 2 is 1.96 bits per heavy atom. The van der Waals surface area contributed by atoms with Crippen LogP contribution < -0.4 is 9.46 Å². The molecule has 5 nitrogen and oxygen atoms in total. The first kappa shape index (κ1) is 19.4. The van der Waals surface area contributed by atoms with Gasteiger partial charge in [0, 0.05) is 12.1 Å². The van der Waals surface area contributed by atoms with Crippen molar-refractivity contribution in [2.45, 2.75) is 18.8 Å². The molecule has 1 N–H and O–H groups in total. The molecule has 9 heteroatoms. The van der Waals surface area contributed by atoms with Crippen LogP contribution in [0.1, 0.15) is 16.7 Å². The Hall–Kier alpha value is -1.38. The smallest absolute Gasteiger partial charge is 0.215 e. The van der Waals surface area contributed by atoms with Crippen LogP contribution in [0.4, 0.5) is 4.39 Å². The largest absolute Gasteiger partial charge is 0.467 e. The summed E-state index contributed by atoms with van der Waals surface area (Å²) in [5.41, 5.74) is 1.74. The van der Waals surface area contributed by atoms with Gasteiger partial charge in [0.05, 0.1) is 22.4 Å². The van der Waals surface area contributed by atoms with Gasteiger partial charge in [-0.05, 0) is 41.8 Å². The van der Waals surface area contributed by atoms with Crippen LogP contribution in [0.15, 0.2) is 30.3 Å². The van der Waals surface area contributed by atoms with Crippen molar-refractivity contribution in [1.82, 2.24) is 4.72 Å². The van der Waals surface area contributed by atoms with E-state index in [1.54, 1.807) is 12.1 Å². The lowest BCUT2D eigenvalue weighted by Gasteiger charge is -2.21. The van der Waals surface area contributed by atoms with E-state index in [1.807, 2.05) is 0 Å². The molecule has 1 aliphatic heterocycles. The second-order valence-corrected chi connectivity index (χ2v) is 8.44. The molecule has 0 spiro atoms. The number of fused-ring (bicyclic) bond motifs is 1. The van der Waals surface area contributed by atoms with Crippen LogP contribution in [0.5, 0.6) is 5.75 Å². The number of hydrogen-bond acceptors (Lipinski definition) is 4. The Labute approximate surface area is 161 Å². The summed E-state index contributed by atoms with van der Waals surface area (Å²) < 4.78 is 51.2. The standard InChI is InChI=1S/C17H16Cl2FNO4S/c18-15-2-1-11(5-16(15)19)9-26(22,23)21-4-3-12-6-14(20)7-13-8-24-10-25-17(12)13/h1-2,5-7,21H,3-4,8-10H2. The molecule has 140 valence electrons. The molecule has 0 radical (unpaired) electrons. The van der Waals surface area contributed by atoms with E-state index in [9.17, 15) is 12.8 Å². The third-order valence-electron chi connectivity index (χ3n) is 3.81. The van der Waals surface area contributed by atoms with Crippen molar-refractivity contribution in [3.8, 4) is 5.75 Å². The molecule has 0 amide bonds. The fourth-order valence-corrected chi connectivity index (χ4v) is 4.14. The Morgan fingerprint density at radius 3 is 2.73 bits per heavy atom. The summed E-state index contributed by atoms with van der Waals surface area (Å²) in [5.74, 6) is -0.0805. The molecule has 1 aliphatic rings. The molecular weight excluding hydrogens is 404 g/mol. The number of rotatable bonds is 6. The van der Waals surface area contributed by atoms with Gasteiger partial charge < -0.3 is 9.47 Å². The molecule has 0 bridgehead atoms. The normalized spacial score (nSPS) is 14.0. The molecule has 0 fully saturated rings. The number of nitrogens with one attached hydrogen (secondary N) is 1. The summed E-state index contributed by atoms with van der Waals surface area (Å²) in [6.07, 6.45) is 0.292. The molecule has 0 atom stereocenters. The van der Waals surface area contributed by atoms with Crippen molar-refractivity contribution in [2.75, 3.05) is 13.3 Å². The number of ether oxygens (including phenoxy) is 2. The molecule has 0 aromatic heterocycles. The maximum Gasteiger partial charge on any atom is 0.215 e. The van der Waals surface area contributed by atoms with Crippen molar-refractivity contribution < 1.29 is 22.3 Å². The highest BCUT2D eigenvalue weighted by Gasteiger charge is 2.18. The molecule has 0 unspecified atom stereocenters. The minimum absolute atomic E-state index is 0.0920. The van der Waals surface area contributed by atoms with Crippen molar-refractivity contribution >= 4 is 33.2 Å². The van der Waals surface area contributed by atoms with Gasteiger partial charge in [-0.25, -0.2) is 17.5 Å². The number of hydrogen-bond donors (Lipinski definition) is 1. The van der Waals surface area contributed by atoms with Crippen molar-refractivity contribution in [3.63, 3.8) is 0 Å². The maximum atomic E-state index is 13.7. The minimum Gasteiger partial charge on any atom is -0.467 e. The molecule has 3 rings (SSSR count). The Bertz CT molecular complexity index is 921. The average Bonchev–Trinajstić information content (AvgIpc) is 2.57. The lowest BCUT2D eigenvalue weighted by atomic mass is 10.1. The van der Waals surface area contributed by atoms with Crippen LogP contribution in [0.2, 0.25) is 10.0 Å². The van der Waals surface area contributed by atoms with Crippen LogP contribution in [-0.2, 0) is 33.5 Å². The van der Waals surface area contributed by atoms with Gasteiger partial charge in [-0.1, -0.05) is 29.3 Å². The molecule has 0 saturated heterocycles. The zero-order valence-corrected chi connectivity index (χ0v) is 15.9. The second-order valence-electron chi connectivity index (χ2n) is 5.82. The zero-order chi connectivity index (χ0) is 18.7. The van der Waals surface area contributed by atoms with Crippen molar-refractivity contribution in [3.05, 3.63) is 62.9 Å². The van der Waals surface area contributed by atoms with Crippen LogP contribution in [-0.4, -0.2) is 21.8 Å². The monoisotopic (exact) mass is 419 g/mol. The van der Waals surface area contributed by atoms with Crippen LogP contribution in [0.3, 0.4) is 0 Å². The highest BCUT2D eigenvalue weighted by Crippen LogP contribution is 2.29. The van der Waals surface area contributed by atoms with Crippen LogP contribution >= 0.6 is 23.2 Å². The third kappa shape index (κ3) is 4.86. The lowest BCUT2D eigenvalue weighted by Crippen LogP contribution is -2.27. The van der Waals surface area contributed by atoms with E-state index in [-0.39, 0.29) is 25.7 Å². The topological polar surface area (TPSA) is 64.6 Å². The molecule has 2 aromatic carbocycles. The summed E-state index contributed by atoms with van der Waals surface area (Å²) >= 11 is 11.7. The molecule has 0 aliphatic carbocycles. The summed E-state index contributed by atoms with van der Waals surface area (Å²) in [7, 11) is -3.58.